The molecule has 1 amide bonds. The molecule has 4 aliphatic rings. The molecule has 188 valence electrons. The van der Waals surface area contributed by atoms with Crippen LogP contribution in [0.3, 0.4) is 0 Å². The lowest BCUT2D eigenvalue weighted by Gasteiger charge is -2.59. The normalized spacial score (nSPS) is 35.2. The Balaban J connectivity index is 1.33. The van der Waals surface area contributed by atoms with Gasteiger partial charge in [0.15, 0.2) is 0 Å². The van der Waals surface area contributed by atoms with Gasteiger partial charge in [-0.2, -0.15) is 14.6 Å². The monoisotopic (exact) mass is 483 g/mol. The molecule has 3 fully saturated rings. The van der Waals surface area contributed by atoms with Gasteiger partial charge in [0.2, 0.25) is 5.91 Å². The smallest absolute Gasteiger partial charge is 0.252 e. The second-order valence-electron chi connectivity index (χ2n) is 12.8. The van der Waals surface area contributed by atoms with Gasteiger partial charge in [-0.1, -0.05) is 52.0 Å². The Kier molecular flexibility index (Phi) is 4.75. The first-order valence-electron chi connectivity index (χ1n) is 13.9. The first kappa shape index (κ1) is 22.4. The second kappa shape index (κ2) is 7.62. The van der Waals surface area contributed by atoms with E-state index >= 15 is 0 Å². The molecule has 2 aromatic heterocycles. The summed E-state index contributed by atoms with van der Waals surface area (Å²) < 4.78 is 1.97. The van der Waals surface area contributed by atoms with E-state index in [-0.39, 0.29) is 16.7 Å². The molecule has 0 unspecified atom stereocenters. The Morgan fingerprint density at radius 1 is 1.06 bits per heavy atom. The largest absolute Gasteiger partial charge is 0.353 e. The lowest BCUT2D eigenvalue weighted by atomic mass is 9.47. The van der Waals surface area contributed by atoms with Crippen LogP contribution in [0.15, 0.2) is 30.6 Å². The predicted octanol–water partition coefficient (Wildman–Crippen LogP) is 5.45. The van der Waals surface area contributed by atoms with Gasteiger partial charge in [0.05, 0.1) is 11.4 Å². The fourth-order valence-corrected chi connectivity index (χ4v) is 8.78. The number of hydrogen-bond donors (Lipinski definition) is 1. The van der Waals surface area contributed by atoms with Gasteiger partial charge in [0, 0.05) is 29.0 Å². The third-order valence-corrected chi connectivity index (χ3v) is 10.8. The number of carbonyl (C=O) groups is 1. The number of aromatic nitrogens is 4. The number of rotatable bonds is 2. The number of nitrogens with zero attached hydrogens (tertiary/aromatic N) is 4. The third-order valence-electron chi connectivity index (χ3n) is 10.8. The molecule has 1 saturated heterocycles. The van der Waals surface area contributed by atoms with Crippen molar-refractivity contribution in [2.75, 3.05) is 0 Å². The van der Waals surface area contributed by atoms with Crippen LogP contribution in [0, 0.1) is 23.2 Å². The van der Waals surface area contributed by atoms with Crippen molar-refractivity contribution < 1.29 is 4.79 Å². The summed E-state index contributed by atoms with van der Waals surface area (Å²) in [5, 5.41) is 7.99. The minimum Gasteiger partial charge on any atom is -0.353 e. The number of benzene rings is 1. The van der Waals surface area contributed by atoms with Crippen molar-refractivity contribution in [2.45, 2.75) is 90.0 Å². The predicted molar refractivity (Wildman–Crippen MR) is 140 cm³/mol. The Bertz CT molecular complexity index is 1360. The minimum atomic E-state index is 0.0674. The van der Waals surface area contributed by atoms with Gasteiger partial charge < -0.3 is 5.32 Å². The van der Waals surface area contributed by atoms with Crippen molar-refractivity contribution in [3.8, 4) is 11.3 Å². The molecule has 36 heavy (non-hydrogen) atoms. The highest BCUT2D eigenvalue weighted by Crippen LogP contribution is 2.63. The lowest BCUT2D eigenvalue weighted by molar-refractivity contribution is -0.134. The maximum Gasteiger partial charge on any atom is 0.252 e. The van der Waals surface area contributed by atoms with Crippen LogP contribution in [-0.2, 0) is 16.6 Å². The summed E-state index contributed by atoms with van der Waals surface area (Å²) in [5.74, 6) is 3.39. The molecule has 6 nitrogen and oxygen atoms in total. The molecule has 7 rings (SSSR count). The molecule has 6 atom stereocenters. The Morgan fingerprint density at radius 3 is 2.64 bits per heavy atom. The zero-order chi connectivity index (χ0) is 24.8. The zero-order valence-electron chi connectivity index (χ0n) is 21.9. The van der Waals surface area contributed by atoms with Crippen LogP contribution >= 0.6 is 0 Å². The fourth-order valence-electron chi connectivity index (χ4n) is 8.78. The first-order chi connectivity index (χ1) is 17.3. The standard InChI is InChI=1S/C30H37N5O/c1-17(2)18-5-7-19(8-6-18)26-21-15-23-20-9-10-24-29(3,14-12-25(36)33-24)22(20)11-13-30(23,4)27(21)34-28-31-16-32-35(26)28/h5-8,16-17,20,22-24H,9-15H2,1-4H3,(H,33,36)/t20-,22+,23+,24-,29-,30+/m1/s1. The summed E-state index contributed by atoms with van der Waals surface area (Å²) in [7, 11) is 0. The summed E-state index contributed by atoms with van der Waals surface area (Å²) in [6, 6.07) is 9.38. The van der Waals surface area contributed by atoms with E-state index in [0.717, 1.165) is 25.7 Å². The maximum atomic E-state index is 12.2. The van der Waals surface area contributed by atoms with Crippen LogP contribution in [-0.4, -0.2) is 31.5 Å². The van der Waals surface area contributed by atoms with Crippen molar-refractivity contribution >= 4 is 11.7 Å². The molecule has 0 spiro atoms. The molecule has 6 heteroatoms. The van der Waals surface area contributed by atoms with Gasteiger partial charge in [-0.05, 0) is 73.2 Å². The quantitative estimate of drug-likeness (QED) is 0.526. The summed E-state index contributed by atoms with van der Waals surface area (Å²) in [5.41, 5.74) is 6.66. The van der Waals surface area contributed by atoms with E-state index in [1.165, 1.54) is 40.9 Å². The molecule has 3 aromatic rings. The molecular formula is C30H37N5O. The Morgan fingerprint density at radius 2 is 1.86 bits per heavy atom. The lowest BCUT2D eigenvalue weighted by Crippen LogP contribution is -2.61. The average Bonchev–Trinajstić information content (AvgIpc) is 3.45. The van der Waals surface area contributed by atoms with E-state index in [4.69, 9.17) is 4.98 Å². The van der Waals surface area contributed by atoms with Gasteiger partial charge in [0.25, 0.3) is 5.78 Å². The summed E-state index contributed by atoms with van der Waals surface area (Å²) >= 11 is 0. The SMILES string of the molecule is CC(C)c1ccc(-c2c3c(nc4ncnn24)[C@@]2(C)CC[C@H]4[C@@H](CC[C@H]5NC(=O)CC[C@@]54C)[C@@H]2C3)cc1. The van der Waals surface area contributed by atoms with E-state index < -0.39 is 0 Å². The molecule has 2 saturated carbocycles. The van der Waals surface area contributed by atoms with Crippen LogP contribution in [0.4, 0.5) is 0 Å². The van der Waals surface area contributed by atoms with Crippen molar-refractivity contribution in [3.63, 3.8) is 0 Å². The molecule has 0 radical (unpaired) electrons. The fraction of sp³-hybridized carbons (Fsp3) is 0.600. The van der Waals surface area contributed by atoms with E-state index in [9.17, 15) is 4.79 Å². The van der Waals surface area contributed by atoms with Crippen molar-refractivity contribution in [1.82, 2.24) is 24.9 Å². The maximum absolute atomic E-state index is 12.2. The Labute approximate surface area is 213 Å². The molecule has 1 N–H and O–H groups in total. The summed E-state index contributed by atoms with van der Waals surface area (Å²) in [6.45, 7) is 9.42. The zero-order valence-corrected chi connectivity index (χ0v) is 21.9. The van der Waals surface area contributed by atoms with Crippen molar-refractivity contribution in [2.24, 2.45) is 23.2 Å². The van der Waals surface area contributed by atoms with Crippen LogP contribution in [0.5, 0.6) is 0 Å². The van der Waals surface area contributed by atoms with Crippen LogP contribution < -0.4 is 5.32 Å². The number of hydrogen-bond acceptors (Lipinski definition) is 4. The summed E-state index contributed by atoms with van der Waals surface area (Å²) in [4.78, 5) is 21.9. The van der Waals surface area contributed by atoms with Crippen LogP contribution in [0.2, 0.25) is 0 Å². The van der Waals surface area contributed by atoms with E-state index in [1.54, 1.807) is 6.33 Å². The van der Waals surface area contributed by atoms with Crippen molar-refractivity contribution in [3.05, 3.63) is 47.4 Å². The molecule has 3 heterocycles. The molecular weight excluding hydrogens is 446 g/mol. The molecule has 1 aliphatic heterocycles. The highest BCUT2D eigenvalue weighted by molar-refractivity contribution is 5.77. The summed E-state index contributed by atoms with van der Waals surface area (Å²) in [6.07, 6.45) is 9.10. The number of carbonyl (C=O) groups excluding carboxylic acids is 1. The topological polar surface area (TPSA) is 72.2 Å². The average molecular weight is 484 g/mol. The first-order valence-corrected chi connectivity index (χ1v) is 13.9. The van der Waals surface area contributed by atoms with Gasteiger partial charge in [-0.3, -0.25) is 4.79 Å². The van der Waals surface area contributed by atoms with Gasteiger partial charge >= 0.3 is 0 Å². The van der Waals surface area contributed by atoms with Crippen molar-refractivity contribution in [1.29, 1.82) is 0 Å². The molecule has 1 aromatic carbocycles. The number of fused-ring (bicyclic) bond motifs is 8. The number of piperidine rings is 1. The highest BCUT2D eigenvalue weighted by atomic mass is 16.1. The highest BCUT2D eigenvalue weighted by Gasteiger charge is 2.60. The van der Waals surface area contributed by atoms with Crippen LogP contribution in [0.25, 0.3) is 17.0 Å². The molecule has 0 bridgehead atoms. The minimum absolute atomic E-state index is 0.0674. The van der Waals surface area contributed by atoms with E-state index in [2.05, 4.69) is 67.4 Å². The van der Waals surface area contributed by atoms with Gasteiger partial charge in [-0.15, -0.1) is 0 Å². The number of amides is 1. The van der Waals surface area contributed by atoms with Gasteiger partial charge in [0.1, 0.15) is 6.33 Å². The number of nitrogens with one attached hydrogen (secondary N) is 1. The molecule has 3 aliphatic carbocycles. The Hall–Kier alpha value is -2.76. The van der Waals surface area contributed by atoms with E-state index in [1.807, 2.05) is 4.52 Å². The van der Waals surface area contributed by atoms with Crippen LogP contribution in [0.1, 0.15) is 89.0 Å². The third kappa shape index (κ3) is 2.96. The van der Waals surface area contributed by atoms with Gasteiger partial charge in [-0.25, -0.2) is 4.98 Å². The second-order valence-corrected chi connectivity index (χ2v) is 12.8. The van der Waals surface area contributed by atoms with E-state index in [0.29, 0.717) is 41.9 Å².